The molecule has 0 aromatic carbocycles. The number of esters is 1. The van der Waals surface area contributed by atoms with Crippen LogP contribution in [0.5, 0.6) is 0 Å². The molecule has 0 aliphatic rings. The van der Waals surface area contributed by atoms with E-state index in [1.165, 1.54) is 205 Å². The van der Waals surface area contributed by atoms with Crippen LogP contribution in [0.25, 0.3) is 0 Å². The lowest BCUT2D eigenvalue weighted by Gasteiger charge is -2.22. The average Bonchev–Trinajstić information content (AvgIpc) is 3.32. The van der Waals surface area contributed by atoms with Crippen LogP contribution in [0.4, 0.5) is 0 Å². The summed E-state index contributed by atoms with van der Waals surface area (Å²) in [7, 11) is 0. The molecule has 0 aliphatic heterocycles. The van der Waals surface area contributed by atoms with Crippen molar-refractivity contribution in [1.82, 2.24) is 5.32 Å². The quantitative estimate of drug-likeness (QED) is 0.0321. The topological polar surface area (TPSA) is 95.9 Å². The molecule has 0 rings (SSSR count). The summed E-state index contributed by atoms with van der Waals surface area (Å²) in [5.74, 6) is -0.0674. The van der Waals surface area contributed by atoms with E-state index in [-0.39, 0.29) is 18.5 Å². The number of hydrogen-bond donors (Lipinski definition) is 3. The first kappa shape index (κ1) is 64.1. The van der Waals surface area contributed by atoms with Crippen molar-refractivity contribution < 1.29 is 24.5 Å². The number of nitrogens with one attached hydrogen (secondary N) is 1. The fourth-order valence-corrected chi connectivity index (χ4v) is 8.90. The van der Waals surface area contributed by atoms with Gasteiger partial charge in [-0.15, -0.1) is 0 Å². The Hall–Kier alpha value is -1.92. The first-order valence-electron chi connectivity index (χ1n) is 29.2. The van der Waals surface area contributed by atoms with Crippen LogP contribution in [0, 0.1) is 0 Å². The lowest BCUT2D eigenvalue weighted by Crippen LogP contribution is -2.45. The van der Waals surface area contributed by atoms with E-state index in [9.17, 15) is 19.8 Å². The summed E-state index contributed by atoms with van der Waals surface area (Å²) in [6, 6.07) is -0.555. The van der Waals surface area contributed by atoms with E-state index in [2.05, 4.69) is 55.6 Å². The number of hydrogen-bond acceptors (Lipinski definition) is 5. The molecule has 0 spiro atoms. The molecule has 0 bridgehead atoms. The molecule has 0 radical (unpaired) electrons. The number of allylic oxidation sites excluding steroid dienone is 6. The van der Waals surface area contributed by atoms with Gasteiger partial charge >= 0.3 is 5.97 Å². The average molecular weight is 929 g/mol. The van der Waals surface area contributed by atoms with Gasteiger partial charge in [0, 0.05) is 12.8 Å². The predicted molar refractivity (Wildman–Crippen MR) is 287 cm³/mol. The summed E-state index contributed by atoms with van der Waals surface area (Å²) in [6.07, 6.45) is 68.4. The van der Waals surface area contributed by atoms with E-state index in [0.717, 1.165) is 70.6 Å². The van der Waals surface area contributed by atoms with Gasteiger partial charge in [0.2, 0.25) is 5.91 Å². The van der Waals surface area contributed by atoms with Gasteiger partial charge in [-0.25, -0.2) is 0 Å². The number of aliphatic hydroxyl groups excluding tert-OH is 2. The van der Waals surface area contributed by atoms with Crippen molar-refractivity contribution in [1.29, 1.82) is 0 Å². The second-order valence-corrected chi connectivity index (χ2v) is 20.0. The van der Waals surface area contributed by atoms with Crippen LogP contribution >= 0.6 is 0 Å². The van der Waals surface area contributed by atoms with Crippen molar-refractivity contribution in [2.45, 2.75) is 321 Å². The number of carbonyl (C=O) groups excluding carboxylic acids is 2. The van der Waals surface area contributed by atoms with Gasteiger partial charge in [0.05, 0.1) is 25.4 Å². The maximum Gasteiger partial charge on any atom is 0.305 e. The third-order valence-electron chi connectivity index (χ3n) is 13.4. The highest BCUT2D eigenvalue weighted by molar-refractivity contribution is 5.76. The highest BCUT2D eigenvalue weighted by Gasteiger charge is 2.20. The normalized spacial score (nSPS) is 12.8. The lowest BCUT2D eigenvalue weighted by molar-refractivity contribution is -0.143. The molecule has 0 fully saturated rings. The fourth-order valence-electron chi connectivity index (χ4n) is 8.90. The fraction of sp³-hybridized carbons (Fsp3) is 0.867. The van der Waals surface area contributed by atoms with Crippen molar-refractivity contribution in [3.8, 4) is 0 Å². The molecule has 1 amide bonds. The molecule has 2 atom stereocenters. The molecular formula is C60H113NO5. The number of rotatable bonds is 54. The van der Waals surface area contributed by atoms with E-state index < -0.39 is 12.1 Å². The molecule has 0 aromatic heterocycles. The Morgan fingerprint density at radius 1 is 0.424 bits per heavy atom. The SMILES string of the molecule is CCCCCC/C=C\C/C=C\CCCCCCCC(=O)OCCCCCCCCC/C=C\CCCCCCCC(=O)NC(CO)C(O)CCCCCCCCCCCCCCCCCCC. The van der Waals surface area contributed by atoms with Crippen molar-refractivity contribution in [3.05, 3.63) is 36.5 Å². The highest BCUT2D eigenvalue weighted by atomic mass is 16.5. The zero-order chi connectivity index (χ0) is 47.9. The second kappa shape index (κ2) is 55.7. The molecule has 0 aliphatic carbocycles. The number of aliphatic hydroxyl groups is 2. The van der Waals surface area contributed by atoms with Crippen LogP contribution in [-0.2, 0) is 14.3 Å². The summed E-state index contributed by atoms with van der Waals surface area (Å²) in [6.45, 7) is 4.91. The van der Waals surface area contributed by atoms with Gasteiger partial charge in [0.25, 0.3) is 0 Å². The molecule has 66 heavy (non-hydrogen) atoms. The molecule has 0 aromatic rings. The van der Waals surface area contributed by atoms with Crippen molar-refractivity contribution in [3.63, 3.8) is 0 Å². The Balaban J connectivity index is 3.48. The van der Waals surface area contributed by atoms with E-state index in [0.29, 0.717) is 25.9 Å². The van der Waals surface area contributed by atoms with Gasteiger partial charge in [0.1, 0.15) is 0 Å². The van der Waals surface area contributed by atoms with Gasteiger partial charge in [0.15, 0.2) is 0 Å². The van der Waals surface area contributed by atoms with Crippen LogP contribution < -0.4 is 5.32 Å². The first-order valence-corrected chi connectivity index (χ1v) is 29.2. The van der Waals surface area contributed by atoms with E-state index in [4.69, 9.17) is 4.74 Å². The molecule has 6 heteroatoms. The summed E-state index contributed by atoms with van der Waals surface area (Å²) < 4.78 is 5.47. The Labute approximate surface area is 411 Å². The van der Waals surface area contributed by atoms with Gasteiger partial charge in [-0.3, -0.25) is 9.59 Å². The maximum absolute atomic E-state index is 12.5. The Morgan fingerprint density at radius 3 is 1.18 bits per heavy atom. The molecule has 388 valence electrons. The van der Waals surface area contributed by atoms with Crippen LogP contribution in [0.3, 0.4) is 0 Å². The summed E-state index contributed by atoms with van der Waals surface area (Å²) in [5.41, 5.74) is 0. The van der Waals surface area contributed by atoms with Crippen molar-refractivity contribution >= 4 is 11.9 Å². The number of carbonyl (C=O) groups is 2. The smallest absolute Gasteiger partial charge is 0.305 e. The summed E-state index contributed by atoms with van der Waals surface area (Å²) in [5, 5.41) is 23.3. The predicted octanol–water partition coefficient (Wildman–Crippen LogP) is 18.0. The third-order valence-corrected chi connectivity index (χ3v) is 13.4. The summed E-state index contributed by atoms with van der Waals surface area (Å²) in [4.78, 5) is 24.5. The molecule has 0 heterocycles. The number of ether oxygens (including phenoxy) is 1. The van der Waals surface area contributed by atoms with E-state index in [1.54, 1.807) is 0 Å². The van der Waals surface area contributed by atoms with Crippen molar-refractivity contribution in [2.75, 3.05) is 13.2 Å². The largest absolute Gasteiger partial charge is 0.466 e. The van der Waals surface area contributed by atoms with Crippen LogP contribution in [-0.4, -0.2) is 47.4 Å². The molecule has 3 N–H and O–H groups in total. The zero-order valence-corrected chi connectivity index (χ0v) is 44.2. The molecule has 0 saturated carbocycles. The lowest BCUT2D eigenvalue weighted by atomic mass is 10.0. The zero-order valence-electron chi connectivity index (χ0n) is 44.2. The van der Waals surface area contributed by atoms with Crippen LogP contribution in [0.2, 0.25) is 0 Å². The van der Waals surface area contributed by atoms with Crippen LogP contribution in [0.15, 0.2) is 36.5 Å². The van der Waals surface area contributed by atoms with E-state index in [1.807, 2.05) is 0 Å². The maximum atomic E-state index is 12.5. The molecule has 2 unspecified atom stereocenters. The van der Waals surface area contributed by atoms with Gasteiger partial charge in [-0.05, 0) is 83.5 Å². The molecule has 0 saturated heterocycles. The van der Waals surface area contributed by atoms with Crippen LogP contribution in [0.1, 0.15) is 309 Å². The minimum absolute atomic E-state index is 0.0162. The number of amides is 1. The Morgan fingerprint density at radius 2 is 0.758 bits per heavy atom. The first-order chi connectivity index (χ1) is 32.5. The van der Waals surface area contributed by atoms with Gasteiger partial charge in [-0.2, -0.15) is 0 Å². The number of unbranched alkanes of at least 4 members (excludes halogenated alkanes) is 37. The van der Waals surface area contributed by atoms with Gasteiger partial charge < -0.3 is 20.3 Å². The minimum Gasteiger partial charge on any atom is -0.466 e. The third kappa shape index (κ3) is 51.5. The van der Waals surface area contributed by atoms with Crippen molar-refractivity contribution in [2.24, 2.45) is 0 Å². The highest BCUT2D eigenvalue weighted by Crippen LogP contribution is 2.17. The molecule has 6 nitrogen and oxygen atoms in total. The van der Waals surface area contributed by atoms with Gasteiger partial charge in [-0.1, -0.05) is 249 Å². The summed E-state index contributed by atoms with van der Waals surface area (Å²) >= 11 is 0. The Kier molecular flexibility index (Phi) is 54.1. The Bertz CT molecular complexity index is 1070. The standard InChI is InChI=1S/C60H113NO5/c1-3-5-7-9-11-13-15-17-19-21-24-28-32-36-40-44-48-52-58(63)57(56-62)61-59(64)53-49-45-41-37-33-29-25-22-23-27-31-35-39-43-47-51-55-66-60(65)54-50-46-42-38-34-30-26-20-18-16-14-12-10-8-6-4-2/h14,16,20,22,25-26,57-58,62-63H,3-13,15,17-19,21,23-24,27-56H2,1-2H3,(H,61,64)/b16-14-,25-22-,26-20-. The minimum atomic E-state index is -0.676. The monoisotopic (exact) mass is 928 g/mol. The molecular weight excluding hydrogens is 815 g/mol. The van der Waals surface area contributed by atoms with E-state index >= 15 is 0 Å². The second-order valence-electron chi connectivity index (χ2n) is 20.0.